The van der Waals surface area contributed by atoms with Crippen molar-refractivity contribution in [3.8, 4) is 5.75 Å². The molecule has 19 heavy (non-hydrogen) atoms. The second kappa shape index (κ2) is 6.29. The van der Waals surface area contributed by atoms with Gasteiger partial charge in [0.15, 0.2) is 0 Å². The highest BCUT2D eigenvalue weighted by Gasteiger charge is 2.32. The van der Waals surface area contributed by atoms with E-state index in [1.807, 2.05) is 0 Å². The van der Waals surface area contributed by atoms with Gasteiger partial charge in [0, 0.05) is 55.3 Å². The van der Waals surface area contributed by atoms with Gasteiger partial charge in [-0.1, -0.05) is 23.2 Å². The highest BCUT2D eigenvalue weighted by molar-refractivity contribution is 6.36. The molecule has 0 aromatic heterocycles. The van der Waals surface area contributed by atoms with Gasteiger partial charge in [-0.3, -0.25) is 4.90 Å². The van der Waals surface area contributed by atoms with Crippen LogP contribution < -0.4 is 0 Å². The smallest absolute Gasteiger partial charge is 0.134 e. The molecule has 2 atom stereocenters. The zero-order valence-electron chi connectivity index (χ0n) is 10.4. The average Bonchev–Trinajstić information content (AvgIpc) is 2.81. The van der Waals surface area contributed by atoms with Gasteiger partial charge in [0.2, 0.25) is 0 Å². The second-order valence-corrected chi connectivity index (χ2v) is 5.72. The van der Waals surface area contributed by atoms with Gasteiger partial charge in [-0.2, -0.15) is 0 Å². The molecule has 1 heterocycles. The summed E-state index contributed by atoms with van der Waals surface area (Å²) in [4.78, 5) is 2.08. The lowest BCUT2D eigenvalue weighted by Crippen LogP contribution is -2.21. The number of aromatic hydroxyl groups is 1. The first kappa shape index (κ1) is 14.9. The number of aliphatic hydroxyl groups excluding tert-OH is 2. The molecule has 3 N–H and O–H groups in total. The minimum absolute atomic E-state index is 0.0117. The number of hydrogen-bond donors (Lipinski definition) is 3. The van der Waals surface area contributed by atoms with Crippen molar-refractivity contribution in [3.63, 3.8) is 0 Å². The molecule has 2 rings (SSSR count). The zero-order chi connectivity index (χ0) is 14.0. The Hall–Kier alpha value is -0.520. The molecular weight excluding hydrogens is 289 g/mol. The number of aliphatic hydroxyl groups is 2. The van der Waals surface area contributed by atoms with Gasteiger partial charge in [0.1, 0.15) is 5.75 Å². The Labute approximate surface area is 122 Å². The summed E-state index contributed by atoms with van der Waals surface area (Å²) in [6.45, 7) is 1.99. The van der Waals surface area contributed by atoms with E-state index in [2.05, 4.69) is 4.90 Å². The monoisotopic (exact) mass is 305 g/mol. The van der Waals surface area contributed by atoms with Crippen LogP contribution in [-0.2, 0) is 6.54 Å². The number of halogens is 2. The maximum Gasteiger partial charge on any atom is 0.134 e. The van der Waals surface area contributed by atoms with Crippen LogP contribution in [0.3, 0.4) is 0 Å². The largest absolute Gasteiger partial charge is 0.506 e. The first-order valence-corrected chi connectivity index (χ1v) is 6.92. The molecule has 1 aromatic rings. The van der Waals surface area contributed by atoms with Crippen LogP contribution in [0, 0.1) is 11.8 Å². The lowest BCUT2D eigenvalue weighted by Gasteiger charge is -2.18. The van der Waals surface area contributed by atoms with E-state index >= 15 is 0 Å². The number of rotatable bonds is 4. The summed E-state index contributed by atoms with van der Waals surface area (Å²) in [5.41, 5.74) is 0.679. The molecule has 0 spiro atoms. The Balaban J connectivity index is 2.13. The maximum atomic E-state index is 9.61. The van der Waals surface area contributed by atoms with Crippen molar-refractivity contribution in [1.82, 2.24) is 4.90 Å². The summed E-state index contributed by atoms with van der Waals surface area (Å²) in [6, 6.07) is 3.08. The molecule has 0 aliphatic carbocycles. The van der Waals surface area contributed by atoms with E-state index in [0.29, 0.717) is 30.2 Å². The highest BCUT2D eigenvalue weighted by Crippen LogP contribution is 2.34. The zero-order valence-corrected chi connectivity index (χ0v) is 11.9. The Morgan fingerprint density at radius 2 is 1.68 bits per heavy atom. The molecule has 1 saturated heterocycles. The fourth-order valence-corrected chi connectivity index (χ4v) is 3.02. The van der Waals surface area contributed by atoms with Gasteiger partial charge in [0.05, 0.1) is 5.02 Å². The van der Waals surface area contributed by atoms with Crippen LogP contribution in [0.4, 0.5) is 0 Å². The molecule has 0 radical (unpaired) electrons. The maximum absolute atomic E-state index is 9.61. The molecule has 1 fully saturated rings. The van der Waals surface area contributed by atoms with Crippen molar-refractivity contribution < 1.29 is 15.3 Å². The predicted molar refractivity (Wildman–Crippen MR) is 74.6 cm³/mol. The van der Waals surface area contributed by atoms with E-state index in [4.69, 9.17) is 23.2 Å². The number of phenolic OH excluding ortho intramolecular Hbond substituents is 1. The van der Waals surface area contributed by atoms with Gasteiger partial charge in [-0.15, -0.1) is 0 Å². The van der Waals surface area contributed by atoms with Crippen molar-refractivity contribution in [1.29, 1.82) is 0 Å². The third-order valence-corrected chi connectivity index (χ3v) is 4.44. The van der Waals surface area contributed by atoms with Crippen molar-refractivity contribution >= 4 is 23.2 Å². The van der Waals surface area contributed by atoms with Gasteiger partial charge >= 0.3 is 0 Å². The first-order valence-electron chi connectivity index (χ1n) is 6.16. The van der Waals surface area contributed by atoms with E-state index in [-0.39, 0.29) is 35.8 Å². The third kappa shape index (κ3) is 3.15. The van der Waals surface area contributed by atoms with Crippen molar-refractivity contribution in [3.05, 3.63) is 27.7 Å². The van der Waals surface area contributed by atoms with Gasteiger partial charge in [-0.05, 0) is 12.1 Å². The molecule has 1 aliphatic heterocycles. The summed E-state index contributed by atoms with van der Waals surface area (Å²) in [5, 5.41) is 28.9. The molecule has 1 aromatic carbocycles. The molecule has 0 bridgehead atoms. The van der Waals surface area contributed by atoms with Gasteiger partial charge in [0.25, 0.3) is 0 Å². The van der Waals surface area contributed by atoms with E-state index in [1.54, 1.807) is 6.07 Å². The van der Waals surface area contributed by atoms with Crippen LogP contribution in [-0.4, -0.2) is 46.5 Å². The van der Waals surface area contributed by atoms with E-state index < -0.39 is 0 Å². The summed E-state index contributed by atoms with van der Waals surface area (Å²) in [7, 11) is 0. The number of hydrogen-bond acceptors (Lipinski definition) is 4. The fraction of sp³-hybridized carbons (Fsp3) is 0.538. The first-order chi connectivity index (χ1) is 9.06. The van der Waals surface area contributed by atoms with Crippen LogP contribution in [0.25, 0.3) is 0 Å². The molecular formula is C13H17Cl2NO3. The SMILES string of the molecule is OC[C@@H]1CN(Cc2c(Cl)ccc(O)c2Cl)C[C@H]1CO. The quantitative estimate of drug-likeness (QED) is 0.793. The second-order valence-electron chi connectivity index (χ2n) is 4.94. The molecule has 106 valence electrons. The summed E-state index contributed by atoms with van der Waals surface area (Å²) in [5.74, 6) is 0.150. The predicted octanol–water partition coefficient (Wildman–Crippen LogP) is 1.73. The topological polar surface area (TPSA) is 63.9 Å². The van der Waals surface area contributed by atoms with Crippen molar-refractivity contribution in [2.24, 2.45) is 11.8 Å². The standard InChI is InChI=1S/C13H17Cl2NO3/c14-11-1-2-12(19)13(15)10(11)5-16-3-8(6-17)9(4-16)7-18/h1-2,8-9,17-19H,3-7H2/t8-,9-/m0/s1. The Morgan fingerprint density at radius 3 is 2.21 bits per heavy atom. The summed E-state index contributed by atoms with van der Waals surface area (Å²) in [6.07, 6.45) is 0. The van der Waals surface area contributed by atoms with Gasteiger partial charge in [-0.25, -0.2) is 0 Å². The lowest BCUT2D eigenvalue weighted by molar-refractivity contribution is 0.152. The highest BCUT2D eigenvalue weighted by atomic mass is 35.5. The van der Waals surface area contributed by atoms with Crippen LogP contribution in [0.1, 0.15) is 5.56 Å². The normalized spacial score (nSPS) is 24.0. The Bertz CT molecular complexity index is 444. The van der Waals surface area contributed by atoms with Crippen LogP contribution in [0.2, 0.25) is 10.0 Å². The van der Waals surface area contributed by atoms with Crippen LogP contribution >= 0.6 is 23.2 Å². The number of benzene rings is 1. The van der Waals surface area contributed by atoms with Gasteiger partial charge < -0.3 is 15.3 Å². The molecule has 0 saturated carbocycles. The number of nitrogens with zero attached hydrogens (tertiary/aromatic N) is 1. The summed E-state index contributed by atoms with van der Waals surface area (Å²) < 4.78 is 0. The lowest BCUT2D eigenvalue weighted by atomic mass is 9.98. The molecule has 0 unspecified atom stereocenters. The van der Waals surface area contributed by atoms with E-state index in [1.165, 1.54) is 6.07 Å². The van der Waals surface area contributed by atoms with Crippen molar-refractivity contribution in [2.75, 3.05) is 26.3 Å². The number of likely N-dealkylation sites (tertiary alicyclic amines) is 1. The average molecular weight is 306 g/mol. The van der Waals surface area contributed by atoms with Crippen LogP contribution in [0.5, 0.6) is 5.75 Å². The third-order valence-electron chi connectivity index (χ3n) is 3.67. The van der Waals surface area contributed by atoms with E-state index in [9.17, 15) is 15.3 Å². The Kier molecular flexibility index (Phi) is 4.92. The minimum atomic E-state index is 0.0117. The summed E-state index contributed by atoms with van der Waals surface area (Å²) >= 11 is 12.2. The van der Waals surface area contributed by atoms with E-state index in [0.717, 1.165) is 0 Å². The van der Waals surface area contributed by atoms with Crippen molar-refractivity contribution in [2.45, 2.75) is 6.54 Å². The number of phenols is 1. The van der Waals surface area contributed by atoms with Crippen LogP contribution in [0.15, 0.2) is 12.1 Å². The Morgan fingerprint density at radius 1 is 1.11 bits per heavy atom. The molecule has 1 aliphatic rings. The molecule has 0 amide bonds. The molecule has 6 heteroatoms. The molecule has 4 nitrogen and oxygen atoms in total. The minimum Gasteiger partial charge on any atom is -0.506 e. The fourth-order valence-electron chi connectivity index (χ4n) is 2.53.